The van der Waals surface area contributed by atoms with Crippen LogP contribution in [0.2, 0.25) is 5.28 Å². The third-order valence-corrected chi connectivity index (χ3v) is 5.78. The van der Waals surface area contributed by atoms with Crippen LogP contribution in [0, 0.1) is 24.0 Å². The molecule has 0 spiro atoms. The molecule has 3 aromatic rings. The zero-order valence-electron chi connectivity index (χ0n) is 17.6. The summed E-state index contributed by atoms with van der Waals surface area (Å²) in [7, 11) is 0. The van der Waals surface area contributed by atoms with Crippen molar-refractivity contribution in [2.24, 2.45) is 0 Å². The Morgan fingerprint density at radius 3 is 2.94 bits per heavy atom. The van der Waals surface area contributed by atoms with E-state index in [2.05, 4.69) is 27.1 Å². The first-order chi connectivity index (χ1) is 14.9. The quantitative estimate of drug-likeness (QED) is 0.305. The molecule has 0 amide bonds. The van der Waals surface area contributed by atoms with Crippen molar-refractivity contribution in [3.8, 4) is 5.88 Å². The van der Waals surface area contributed by atoms with Gasteiger partial charge < -0.3 is 9.47 Å². The summed E-state index contributed by atoms with van der Waals surface area (Å²) in [5, 5.41) is 21.5. The van der Waals surface area contributed by atoms with Gasteiger partial charge in [0.2, 0.25) is 5.28 Å². The van der Waals surface area contributed by atoms with Crippen molar-refractivity contribution in [3.05, 3.63) is 33.0 Å². The molecular formula is C19H24ClN7O4. The average molecular weight is 450 g/mol. The van der Waals surface area contributed by atoms with Crippen LogP contribution < -0.4 is 4.74 Å². The highest BCUT2D eigenvalue weighted by atomic mass is 35.5. The van der Waals surface area contributed by atoms with E-state index in [0.717, 1.165) is 30.3 Å². The lowest BCUT2D eigenvalue weighted by atomic mass is 10.0. The van der Waals surface area contributed by atoms with Crippen molar-refractivity contribution in [2.45, 2.75) is 58.7 Å². The molecule has 1 fully saturated rings. The normalized spacial score (nSPS) is 19.1. The zero-order valence-corrected chi connectivity index (χ0v) is 18.4. The Labute approximate surface area is 183 Å². The van der Waals surface area contributed by atoms with Crippen molar-refractivity contribution >= 4 is 28.3 Å². The van der Waals surface area contributed by atoms with E-state index in [0.29, 0.717) is 24.5 Å². The fourth-order valence-electron chi connectivity index (χ4n) is 3.98. The van der Waals surface area contributed by atoms with E-state index < -0.39 is 4.92 Å². The molecule has 4 rings (SSSR count). The minimum Gasteiger partial charge on any atom is -0.470 e. The number of aryl methyl sites for hydroxylation is 1. The van der Waals surface area contributed by atoms with Crippen molar-refractivity contribution in [1.29, 1.82) is 0 Å². The highest BCUT2D eigenvalue weighted by Crippen LogP contribution is 2.35. The Kier molecular flexibility index (Phi) is 6.05. The zero-order chi connectivity index (χ0) is 22.1. The van der Waals surface area contributed by atoms with Crippen molar-refractivity contribution in [2.75, 3.05) is 13.2 Å². The number of hydrogen-bond acceptors (Lipinski definition) is 8. The first kappa shape index (κ1) is 21.4. The van der Waals surface area contributed by atoms with Crippen LogP contribution in [0.5, 0.6) is 5.88 Å². The van der Waals surface area contributed by atoms with Crippen molar-refractivity contribution in [3.63, 3.8) is 0 Å². The SMILES string of the molecule is CCC1CC(n2nc(OCCn3nc(C)c4cnc(Cl)nc43)c([N+](=O)[O-])c2C)CCO1. The summed E-state index contributed by atoms with van der Waals surface area (Å²) < 4.78 is 14.9. The van der Waals surface area contributed by atoms with E-state index in [-0.39, 0.29) is 35.6 Å². The molecule has 0 aliphatic carbocycles. The molecule has 0 aromatic carbocycles. The van der Waals surface area contributed by atoms with Crippen LogP contribution in [0.4, 0.5) is 5.69 Å². The first-order valence-corrected chi connectivity index (χ1v) is 10.6. The van der Waals surface area contributed by atoms with Gasteiger partial charge in [-0.2, -0.15) is 10.1 Å². The second-order valence-corrected chi connectivity index (χ2v) is 7.89. The largest absolute Gasteiger partial charge is 0.470 e. The molecule has 1 aliphatic heterocycles. The van der Waals surface area contributed by atoms with Gasteiger partial charge >= 0.3 is 11.6 Å². The molecule has 1 saturated heterocycles. The van der Waals surface area contributed by atoms with Crippen molar-refractivity contribution in [1.82, 2.24) is 29.5 Å². The highest BCUT2D eigenvalue weighted by Gasteiger charge is 2.32. The van der Waals surface area contributed by atoms with Gasteiger partial charge in [-0.05, 0) is 44.7 Å². The fraction of sp³-hybridized carbons (Fsp3) is 0.579. The van der Waals surface area contributed by atoms with Crippen LogP contribution in [0.15, 0.2) is 6.20 Å². The third kappa shape index (κ3) is 4.19. The summed E-state index contributed by atoms with van der Waals surface area (Å²) in [4.78, 5) is 19.5. The molecule has 0 bridgehead atoms. The Bertz CT molecular complexity index is 1110. The number of halogens is 1. The van der Waals surface area contributed by atoms with Gasteiger partial charge in [-0.3, -0.25) is 14.8 Å². The molecule has 2 unspecified atom stereocenters. The van der Waals surface area contributed by atoms with E-state index in [4.69, 9.17) is 21.1 Å². The van der Waals surface area contributed by atoms with Crippen molar-refractivity contribution < 1.29 is 14.4 Å². The third-order valence-electron chi connectivity index (χ3n) is 5.60. The Morgan fingerprint density at radius 1 is 1.39 bits per heavy atom. The predicted molar refractivity (Wildman–Crippen MR) is 112 cm³/mol. The highest BCUT2D eigenvalue weighted by molar-refractivity contribution is 6.28. The second kappa shape index (κ2) is 8.75. The lowest BCUT2D eigenvalue weighted by molar-refractivity contribution is -0.386. The molecule has 2 atom stereocenters. The number of fused-ring (bicyclic) bond motifs is 1. The maximum absolute atomic E-state index is 11.7. The smallest absolute Gasteiger partial charge is 0.352 e. The Hall–Kier alpha value is -2.79. The monoisotopic (exact) mass is 449 g/mol. The number of rotatable bonds is 7. The maximum Gasteiger partial charge on any atom is 0.352 e. The fourth-order valence-corrected chi connectivity index (χ4v) is 4.11. The van der Waals surface area contributed by atoms with E-state index in [9.17, 15) is 10.1 Å². The lowest BCUT2D eigenvalue weighted by Gasteiger charge is -2.29. The molecular weight excluding hydrogens is 426 g/mol. The number of hydrogen-bond donors (Lipinski definition) is 0. The van der Waals surface area contributed by atoms with E-state index in [1.165, 1.54) is 0 Å². The van der Waals surface area contributed by atoms with Gasteiger partial charge in [0, 0.05) is 12.8 Å². The van der Waals surface area contributed by atoms with E-state index >= 15 is 0 Å². The topological polar surface area (TPSA) is 123 Å². The molecule has 11 nitrogen and oxygen atoms in total. The van der Waals surface area contributed by atoms with Crippen LogP contribution in [0.3, 0.4) is 0 Å². The average Bonchev–Trinajstić information content (AvgIpc) is 3.24. The van der Waals surface area contributed by atoms with Crippen LogP contribution in [-0.4, -0.2) is 53.8 Å². The molecule has 0 saturated carbocycles. The second-order valence-electron chi connectivity index (χ2n) is 7.55. The van der Waals surface area contributed by atoms with E-state index in [1.54, 1.807) is 22.5 Å². The Morgan fingerprint density at radius 2 is 2.19 bits per heavy atom. The van der Waals surface area contributed by atoms with Gasteiger partial charge in [-0.1, -0.05) is 6.92 Å². The summed E-state index contributed by atoms with van der Waals surface area (Å²) in [6, 6.07) is 0.0475. The van der Waals surface area contributed by atoms with E-state index in [1.807, 2.05) is 6.92 Å². The maximum atomic E-state index is 11.7. The number of ether oxygens (including phenoxy) is 2. The molecule has 0 N–H and O–H groups in total. The molecule has 31 heavy (non-hydrogen) atoms. The van der Waals surface area contributed by atoms with Gasteiger partial charge in [-0.25, -0.2) is 9.67 Å². The van der Waals surface area contributed by atoms with Gasteiger partial charge in [0.05, 0.1) is 34.7 Å². The van der Waals surface area contributed by atoms with Crippen LogP contribution in [0.25, 0.3) is 11.0 Å². The summed E-state index contributed by atoms with van der Waals surface area (Å²) in [6.45, 7) is 6.71. The molecule has 12 heteroatoms. The lowest BCUT2D eigenvalue weighted by Crippen LogP contribution is -2.28. The van der Waals surface area contributed by atoms with Gasteiger partial charge in [0.25, 0.3) is 0 Å². The van der Waals surface area contributed by atoms with Crippen LogP contribution >= 0.6 is 11.6 Å². The molecule has 3 aromatic heterocycles. The van der Waals surface area contributed by atoms with Gasteiger partial charge in [-0.15, -0.1) is 5.10 Å². The Balaban J connectivity index is 1.53. The standard InChI is InChI=1S/C19H24ClN7O4/c1-4-14-9-13(5-7-30-14)26-12(3)16(27(28)29)18(24-26)31-8-6-25-17-15(11(2)23-25)10-21-19(20)22-17/h10,13-14H,4-9H2,1-3H3. The predicted octanol–water partition coefficient (Wildman–Crippen LogP) is 3.41. The molecule has 1 aliphatic rings. The van der Waals surface area contributed by atoms with Gasteiger partial charge in [0.15, 0.2) is 5.65 Å². The minimum absolute atomic E-state index is 0.0166. The summed E-state index contributed by atoms with van der Waals surface area (Å²) in [5.41, 5.74) is 1.74. The minimum atomic E-state index is -0.439. The molecule has 166 valence electrons. The number of aromatic nitrogens is 6. The number of nitro groups is 1. The summed E-state index contributed by atoms with van der Waals surface area (Å²) >= 11 is 5.91. The first-order valence-electron chi connectivity index (χ1n) is 10.2. The number of nitrogens with zero attached hydrogens (tertiary/aromatic N) is 7. The van der Waals surface area contributed by atoms with Gasteiger partial charge in [0.1, 0.15) is 12.3 Å². The van der Waals surface area contributed by atoms with Crippen LogP contribution in [-0.2, 0) is 11.3 Å². The summed E-state index contributed by atoms with van der Waals surface area (Å²) in [5.74, 6) is 0.0166. The molecule has 0 radical (unpaired) electrons. The molecule has 4 heterocycles. The summed E-state index contributed by atoms with van der Waals surface area (Å²) in [6.07, 6.45) is 4.18. The van der Waals surface area contributed by atoms with Crippen LogP contribution in [0.1, 0.15) is 43.6 Å².